The maximum absolute atomic E-state index is 12.3. The molecular weight excluding hydrogens is 454 g/mol. The molecule has 0 aromatic carbocycles. The largest absolute Gasteiger partial charge is 0.464 e. The maximum atomic E-state index is 12.3. The molecule has 1 aliphatic carbocycles. The van der Waals surface area contributed by atoms with Gasteiger partial charge in [0.2, 0.25) is 5.91 Å². The summed E-state index contributed by atoms with van der Waals surface area (Å²) in [6.45, 7) is 12.2. The van der Waals surface area contributed by atoms with Gasteiger partial charge in [-0.1, -0.05) is 55.4 Å². The van der Waals surface area contributed by atoms with Crippen LogP contribution in [0.5, 0.6) is 0 Å². The molecule has 0 aliphatic heterocycles. The lowest BCUT2D eigenvalue weighted by atomic mass is 9.72. The predicted molar refractivity (Wildman–Crippen MR) is 136 cm³/mol. The first-order chi connectivity index (χ1) is 15.7. The van der Waals surface area contributed by atoms with E-state index in [-0.39, 0.29) is 18.4 Å². The zero-order valence-electron chi connectivity index (χ0n) is 21.2. The number of carbonyl (C=O) groups is 2. The summed E-state index contributed by atoms with van der Waals surface area (Å²) in [6, 6.07) is -1.17. The molecule has 34 heavy (non-hydrogen) atoms. The Morgan fingerprint density at radius 2 is 1.88 bits per heavy atom. The Balaban J connectivity index is 2.79. The highest BCUT2D eigenvalue weighted by Crippen LogP contribution is 2.40. The molecule has 1 atom stereocenters. The van der Waals surface area contributed by atoms with Crippen molar-refractivity contribution in [2.24, 2.45) is 5.41 Å². The molecule has 1 aliphatic rings. The fourth-order valence-electron chi connectivity index (χ4n) is 3.86. The van der Waals surface area contributed by atoms with Crippen LogP contribution in [0.1, 0.15) is 67.2 Å². The molecule has 8 heteroatoms. The summed E-state index contributed by atoms with van der Waals surface area (Å²) >= 11 is 0. The van der Waals surface area contributed by atoms with Gasteiger partial charge in [-0.25, -0.2) is 4.79 Å². The molecule has 0 aromatic heterocycles. The fraction of sp³-hybridized carbons (Fsp3) is 0.538. The summed E-state index contributed by atoms with van der Waals surface area (Å²) in [5.41, 5.74) is 4.74. The molecule has 0 heterocycles. The summed E-state index contributed by atoms with van der Waals surface area (Å²) < 4.78 is 35.8. The second-order valence-electron chi connectivity index (χ2n) is 9.31. The fourth-order valence-corrected chi connectivity index (χ4v) is 4.39. The highest BCUT2D eigenvalue weighted by Gasteiger charge is 2.26. The Hall–Kier alpha value is -2.45. The number of allylic oxidation sites excluding steroid dienone is 9. The average Bonchev–Trinajstić information content (AvgIpc) is 2.69. The Kier molecular flexibility index (Phi) is 11.7. The van der Waals surface area contributed by atoms with Gasteiger partial charge in [-0.3, -0.25) is 9.35 Å². The number of rotatable bonds is 11. The first kappa shape index (κ1) is 29.6. The highest BCUT2D eigenvalue weighted by molar-refractivity contribution is 7.85. The third kappa shape index (κ3) is 11.1. The van der Waals surface area contributed by atoms with Crippen LogP contribution in [-0.4, -0.2) is 43.2 Å². The van der Waals surface area contributed by atoms with E-state index in [0.29, 0.717) is 5.57 Å². The summed E-state index contributed by atoms with van der Waals surface area (Å²) in [5, 5.41) is 2.44. The Morgan fingerprint density at radius 1 is 1.21 bits per heavy atom. The van der Waals surface area contributed by atoms with E-state index in [0.717, 1.165) is 12.0 Å². The lowest BCUT2D eigenvalue weighted by Crippen LogP contribution is -2.42. The van der Waals surface area contributed by atoms with Crippen LogP contribution in [0.25, 0.3) is 0 Å². The molecule has 0 unspecified atom stereocenters. The van der Waals surface area contributed by atoms with E-state index in [1.807, 2.05) is 19.1 Å². The predicted octanol–water partition coefficient (Wildman–Crippen LogP) is 4.84. The van der Waals surface area contributed by atoms with Crippen LogP contribution >= 0.6 is 0 Å². The molecule has 190 valence electrons. The van der Waals surface area contributed by atoms with E-state index in [1.54, 1.807) is 19.9 Å². The first-order valence-corrected chi connectivity index (χ1v) is 13.2. The minimum Gasteiger partial charge on any atom is -0.464 e. The van der Waals surface area contributed by atoms with Crippen LogP contribution in [0, 0.1) is 5.41 Å². The van der Waals surface area contributed by atoms with E-state index in [9.17, 15) is 18.0 Å². The Morgan fingerprint density at radius 3 is 2.47 bits per heavy atom. The van der Waals surface area contributed by atoms with E-state index in [1.165, 1.54) is 30.1 Å². The Labute approximate surface area is 204 Å². The zero-order valence-corrected chi connectivity index (χ0v) is 22.0. The average molecular weight is 494 g/mol. The lowest BCUT2D eigenvalue weighted by Gasteiger charge is -2.32. The van der Waals surface area contributed by atoms with Gasteiger partial charge in [0.25, 0.3) is 10.1 Å². The Bertz CT molecular complexity index is 996. The van der Waals surface area contributed by atoms with E-state index >= 15 is 0 Å². The van der Waals surface area contributed by atoms with Crippen molar-refractivity contribution in [3.63, 3.8) is 0 Å². The molecule has 1 amide bonds. The monoisotopic (exact) mass is 493 g/mol. The molecule has 0 fully saturated rings. The lowest BCUT2D eigenvalue weighted by molar-refractivity contribution is -0.147. The van der Waals surface area contributed by atoms with Crippen molar-refractivity contribution in [2.75, 3.05) is 12.4 Å². The van der Waals surface area contributed by atoms with Gasteiger partial charge < -0.3 is 10.1 Å². The van der Waals surface area contributed by atoms with Gasteiger partial charge in [-0.05, 0) is 69.9 Å². The van der Waals surface area contributed by atoms with Gasteiger partial charge in [-0.2, -0.15) is 8.42 Å². The van der Waals surface area contributed by atoms with Gasteiger partial charge in [0.1, 0.15) is 6.04 Å². The molecule has 7 nitrogen and oxygen atoms in total. The molecule has 1 rings (SSSR count). The molecule has 0 saturated heterocycles. The molecule has 0 aromatic rings. The standard InChI is InChI=1S/C26H39NO6S/c1-7-33-25(29)23(15-17-34(30,31)32)27-24(28)18-20(3)11-8-10-19(2)13-14-22-21(4)12-9-16-26(22,5)6/h8,10-11,13-14,18,23H,7,9,12,15-17H2,1-6H3,(H,27,28)(H,30,31,32)/b11-8?,14-13?,19-10?,20-18-/t23-/m0/s1. The van der Waals surface area contributed by atoms with Crippen LogP contribution in [0.2, 0.25) is 0 Å². The quantitative estimate of drug-likeness (QED) is 0.184. The highest BCUT2D eigenvalue weighted by atomic mass is 32.2. The molecule has 0 radical (unpaired) electrons. The molecular formula is C26H39NO6S. The topological polar surface area (TPSA) is 110 Å². The number of carbonyl (C=O) groups excluding carboxylic acids is 2. The SMILES string of the molecule is CCOC(=O)[C@H](CCS(=O)(=O)O)NC(=O)/C=C(/C)C=CC=C(C)C=CC1=C(C)CCCC1(C)C. The normalized spacial score (nSPS) is 18.4. The number of esters is 1. The second-order valence-corrected chi connectivity index (χ2v) is 10.9. The van der Waals surface area contributed by atoms with Crippen molar-refractivity contribution >= 4 is 22.0 Å². The smallest absolute Gasteiger partial charge is 0.328 e. The van der Waals surface area contributed by atoms with Crippen molar-refractivity contribution in [2.45, 2.75) is 73.3 Å². The van der Waals surface area contributed by atoms with Crippen LogP contribution < -0.4 is 5.32 Å². The van der Waals surface area contributed by atoms with E-state index in [2.05, 4.69) is 38.2 Å². The van der Waals surface area contributed by atoms with Crippen molar-refractivity contribution in [3.05, 3.63) is 58.7 Å². The van der Waals surface area contributed by atoms with Gasteiger partial charge in [-0.15, -0.1) is 0 Å². The zero-order chi connectivity index (χ0) is 25.9. The van der Waals surface area contributed by atoms with Crippen LogP contribution in [0.4, 0.5) is 0 Å². The van der Waals surface area contributed by atoms with Gasteiger partial charge in [0.15, 0.2) is 0 Å². The minimum atomic E-state index is -4.27. The van der Waals surface area contributed by atoms with Crippen molar-refractivity contribution in [1.82, 2.24) is 5.32 Å². The van der Waals surface area contributed by atoms with Crippen LogP contribution in [0.15, 0.2) is 58.7 Å². The first-order valence-electron chi connectivity index (χ1n) is 11.6. The van der Waals surface area contributed by atoms with Crippen molar-refractivity contribution in [1.29, 1.82) is 0 Å². The van der Waals surface area contributed by atoms with E-state index < -0.39 is 33.8 Å². The number of ether oxygens (including phenoxy) is 1. The van der Waals surface area contributed by atoms with Crippen molar-refractivity contribution < 1.29 is 27.3 Å². The molecule has 0 bridgehead atoms. The van der Waals surface area contributed by atoms with Crippen LogP contribution in [-0.2, 0) is 24.4 Å². The van der Waals surface area contributed by atoms with Crippen molar-refractivity contribution in [3.8, 4) is 0 Å². The number of hydrogen-bond acceptors (Lipinski definition) is 5. The number of amides is 1. The molecule has 0 saturated carbocycles. The number of hydrogen-bond donors (Lipinski definition) is 2. The third-order valence-corrected chi connectivity index (χ3v) is 6.44. The second kappa shape index (κ2) is 13.4. The summed E-state index contributed by atoms with van der Waals surface area (Å²) in [4.78, 5) is 24.3. The van der Waals surface area contributed by atoms with Crippen LogP contribution in [0.3, 0.4) is 0 Å². The minimum absolute atomic E-state index is 0.0865. The van der Waals surface area contributed by atoms with Gasteiger partial charge in [0, 0.05) is 6.08 Å². The maximum Gasteiger partial charge on any atom is 0.328 e. The third-order valence-electron chi connectivity index (χ3n) is 5.68. The summed E-state index contributed by atoms with van der Waals surface area (Å²) in [5.74, 6) is -1.97. The summed E-state index contributed by atoms with van der Waals surface area (Å²) in [6.07, 6.45) is 14.4. The molecule has 2 N–H and O–H groups in total. The number of nitrogens with one attached hydrogen (secondary N) is 1. The van der Waals surface area contributed by atoms with Gasteiger partial charge >= 0.3 is 5.97 Å². The summed E-state index contributed by atoms with van der Waals surface area (Å²) in [7, 11) is -4.27. The van der Waals surface area contributed by atoms with E-state index in [4.69, 9.17) is 9.29 Å². The van der Waals surface area contributed by atoms with Gasteiger partial charge in [0.05, 0.1) is 12.4 Å². The molecule has 0 spiro atoms.